The van der Waals surface area contributed by atoms with Crippen molar-refractivity contribution in [3.63, 3.8) is 0 Å². The molecule has 0 radical (unpaired) electrons. The molecular formula is C16H22N2. The molecule has 1 aliphatic carbocycles. The monoisotopic (exact) mass is 242 g/mol. The van der Waals surface area contributed by atoms with Crippen molar-refractivity contribution in [2.75, 3.05) is 19.0 Å². The van der Waals surface area contributed by atoms with Crippen molar-refractivity contribution < 1.29 is 0 Å². The summed E-state index contributed by atoms with van der Waals surface area (Å²) < 4.78 is 0. The van der Waals surface area contributed by atoms with Gasteiger partial charge in [-0.2, -0.15) is 0 Å². The van der Waals surface area contributed by atoms with Gasteiger partial charge in [0.2, 0.25) is 0 Å². The van der Waals surface area contributed by atoms with Gasteiger partial charge in [-0.1, -0.05) is 43.4 Å². The summed E-state index contributed by atoms with van der Waals surface area (Å²) in [6.45, 7) is 3.07. The largest absolute Gasteiger partial charge is 0.372 e. The fraction of sp³-hybridized carbons (Fsp3) is 0.375. The maximum atomic E-state index is 3.40. The number of para-hydroxylation sites is 1. The molecule has 2 heteroatoms. The minimum atomic E-state index is 0.669. The molecule has 0 fully saturated rings. The normalized spacial score (nSPS) is 18.6. The summed E-state index contributed by atoms with van der Waals surface area (Å²) in [5.74, 6) is 0.669. The van der Waals surface area contributed by atoms with Gasteiger partial charge in [-0.25, -0.2) is 0 Å². The van der Waals surface area contributed by atoms with E-state index in [9.17, 15) is 0 Å². The van der Waals surface area contributed by atoms with E-state index in [0.29, 0.717) is 5.92 Å². The Morgan fingerprint density at radius 3 is 2.89 bits per heavy atom. The van der Waals surface area contributed by atoms with Gasteiger partial charge in [-0.3, -0.25) is 0 Å². The molecule has 1 aromatic rings. The van der Waals surface area contributed by atoms with Crippen LogP contribution in [0.15, 0.2) is 48.1 Å². The van der Waals surface area contributed by atoms with Crippen LogP contribution in [0.2, 0.25) is 0 Å². The number of benzene rings is 1. The quantitative estimate of drug-likeness (QED) is 0.774. The molecule has 0 bridgehead atoms. The fourth-order valence-corrected chi connectivity index (χ4v) is 2.29. The molecule has 2 N–H and O–H groups in total. The van der Waals surface area contributed by atoms with Crippen LogP contribution in [0, 0.1) is 5.92 Å². The van der Waals surface area contributed by atoms with Crippen LogP contribution >= 0.6 is 0 Å². The van der Waals surface area contributed by atoms with Crippen LogP contribution in [-0.4, -0.2) is 13.7 Å². The van der Waals surface area contributed by atoms with Crippen LogP contribution in [0.5, 0.6) is 0 Å². The lowest BCUT2D eigenvalue weighted by atomic mass is 9.93. The first kappa shape index (κ1) is 12.9. The molecular weight excluding hydrogens is 220 g/mol. The van der Waals surface area contributed by atoms with Gasteiger partial charge in [0.15, 0.2) is 0 Å². The van der Waals surface area contributed by atoms with Crippen molar-refractivity contribution in [3.8, 4) is 0 Å². The van der Waals surface area contributed by atoms with E-state index in [2.05, 4.69) is 60.1 Å². The summed E-state index contributed by atoms with van der Waals surface area (Å²) >= 11 is 0. The van der Waals surface area contributed by atoms with Crippen molar-refractivity contribution in [1.82, 2.24) is 5.32 Å². The molecule has 2 rings (SSSR count). The number of hydrogen-bond donors (Lipinski definition) is 2. The van der Waals surface area contributed by atoms with E-state index in [1.165, 1.54) is 23.2 Å². The van der Waals surface area contributed by atoms with Crippen molar-refractivity contribution >= 4 is 5.69 Å². The highest BCUT2D eigenvalue weighted by Crippen LogP contribution is 2.23. The summed E-state index contributed by atoms with van der Waals surface area (Å²) in [7, 11) is 1.95. The SMILES string of the molecule is CNCNc1ccccc1CC1=CC(C)CC=C1. The number of anilines is 1. The van der Waals surface area contributed by atoms with Crippen molar-refractivity contribution in [2.45, 2.75) is 19.8 Å². The van der Waals surface area contributed by atoms with E-state index in [1.54, 1.807) is 0 Å². The van der Waals surface area contributed by atoms with E-state index in [0.717, 1.165) is 13.1 Å². The predicted molar refractivity (Wildman–Crippen MR) is 78.7 cm³/mol. The highest BCUT2D eigenvalue weighted by Gasteiger charge is 2.07. The van der Waals surface area contributed by atoms with E-state index in [-0.39, 0.29) is 0 Å². The van der Waals surface area contributed by atoms with E-state index in [4.69, 9.17) is 0 Å². The minimum Gasteiger partial charge on any atom is -0.372 e. The Labute approximate surface area is 110 Å². The molecule has 1 atom stereocenters. The molecule has 0 saturated heterocycles. The Morgan fingerprint density at radius 1 is 1.28 bits per heavy atom. The van der Waals surface area contributed by atoms with E-state index < -0.39 is 0 Å². The van der Waals surface area contributed by atoms with Gasteiger partial charge in [0.1, 0.15) is 0 Å². The lowest BCUT2D eigenvalue weighted by Gasteiger charge is -2.15. The molecule has 96 valence electrons. The molecule has 0 amide bonds. The molecule has 0 spiro atoms. The minimum absolute atomic E-state index is 0.669. The molecule has 18 heavy (non-hydrogen) atoms. The average Bonchev–Trinajstić information content (AvgIpc) is 2.38. The summed E-state index contributed by atoms with van der Waals surface area (Å²) in [4.78, 5) is 0. The third kappa shape index (κ3) is 3.47. The first-order valence-corrected chi connectivity index (χ1v) is 6.63. The van der Waals surface area contributed by atoms with Crippen LogP contribution in [-0.2, 0) is 6.42 Å². The molecule has 1 aliphatic rings. The number of nitrogens with one attached hydrogen (secondary N) is 2. The van der Waals surface area contributed by atoms with Gasteiger partial charge in [0.25, 0.3) is 0 Å². The topological polar surface area (TPSA) is 24.1 Å². The van der Waals surface area contributed by atoms with Gasteiger partial charge >= 0.3 is 0 Å². The molecule has 2 nitrogen and oxygen atoms in total. The summed E-state index contributed by atoms with van der Waals surface area (Å²) in [5, 5.41) is 6.52. The van der Waals surface area contributed by atoms with Crippen LogP contribution in [0.25, 0.3) is 0 Å². The van der Waals surface area contributed by atoms with Gasteiger partial charge in [-0.15, -0.1) is 0 Å². The molecule has 0 saturated carbocycles. The zero-order valence-electron chi connectivity index (χ0n) is 11.2. The van der Waals surface area contributed by atoms with Crippen molar-refractivity contribution in [1.29, 1.82) is 0 Å². The number of hydrogen-bond acceptors (Lipinski definition) is 2. The Hall–Kier alpha value is -1.54. The molecule has 1 unspecified atom stereocenters. The van der Waals surface area contributed by atoms with E-state index in [1.807, 2.05) is 7.05 Å². The first-order chi connectivity index (χ1) is 8.79. The number of allylic oxidation sites excluding steroid dienone is 4. The fourth-order valence-electron chi connectivity index (χ4n) is 2.29. The highest BCUT2D eigenvalue weighted by atomic mass is 15.0. The molecule has 0 heterocycles. The van der Waals surface area contributed by atoms with E-state index >= 15 is 0 Å². The zero-order chi connectivity index (χ0) is 12.8. The lowest BCUT2D eigenvalue weighted by molar-refractivity contribution is 0.725. The Balaban J connectivity index is 2.11. The summed E-state index contributed by atoms with van der Waals surface area (Å²) in [5.41, 5.74) is 4.00. The predicted octanol–water partition coefficient (Wildman–Crippen LogP) is 3.34. The molecule has 1 aromatic carbocycles. The van der Waals surface area contributed by atoms with Crippen molar-refractivity contribution in [2.24, 2.45) is 5.92 Å². The van der Waals surface area contributed by atoms with Crippen LogP contribution < -0.4 is 10.6 Å². The van der Waals surface area contributed by atoms with Crippen molar-refractivity contribution in [3.05, 3.63) is 53.6 Å². The van der Waals surface area contributed by atoms with Gasteiger partial charge < -0.3 is 10.6 Å². The third-order valence-corrected chi connectivity index (χ3v) is 3.21. The lowest BCUT2D eigenvalue weighted by Crippen LogP contribution is -2.17. The van der Waals surface area contributed by atoms with Gasteiger partial charge in [-0.05, 0) is 43.0 Å². The third-order valence-electron chi connectivity index (χ3n) is 3.21. The van der Waals surface area contributed by atoms with Gasteiger partial charge in [0.05, 0.1) is 6.67 Å². The summed E-state index contributed by atoms with van der Waals surface area (Å²) in [6, 6.07) is 8.53. The standard InChI is InChI=1S/C16H22N2/c1-13-6-5-7-14(10-13)11-15-8-3-4-9-16(15)18-12-17-2/h3-5,7-10,13,17-18H,6,11-12H2,1-2H3. The van der Waals surface area contributed by atoms with Crippen LogP contribution in [0.4, 0.5) is 5.69 Å². The maximum absolute atomic E-state index is 3.40. The zero-order valence-corrected chi connectivity index (χ0v) is 11.2. The second-order valence-electron chi connectivity index (χ2n) is 4.90. The smallest absolute Gasteiger partial charge is 0.0650 e. The molecule has 0 aliphatic heterocycles. The van der Waals surface area contributed by atoms with Crippen LogP contribution in [0.3, 0.4) is 0 Å². The van der Waals surface area contributed by atoms with Crippen LogP contribution in [0.1, 0.15) is 18.9 Å². The second-order valence-corrected chi connectivity index (χ2v) is 4.90. The number of rotatable bonds is 5. The second kappa shape index (κ2) is 6.41. The summed E-state index contributed by atoms with van der Waals surface area (Å²) in [6.07, 6.45) is 9.10. The maximum Gasteiger partial charge on any atom is 0.0650 e. The van der Waals surface area contributed by atoms with Gasteiger partial charge in [0, 0.05) is 5.69 Å². The Morgan fingerprint density at radius 2 is 2.11 bits per heavy atom. The Kier molecular flexibility index (Phi) is 4.59. The first-order valence-electron chi connectivity index (χ1n) is 6.63. The highest BCUT2D eigenvalue weighted by molar-refractivity contribution is 5.53. The molecule has 0 aromatic heterocycles. The Bertz CT molecular complexity index is 446. The average molecular weight is 242 g/mol.